The largest absolute Gasteiger partial charge is 0.328 e. The number of halogens is 1. The molecular formula is C14H16BrN3O. The van der Waals surface area contributed by atoms with Gasteiger partial charge in [-0.15, -0.1) is 0 Å². The van der Waals surface area contributed by atoms with E-state index in [9.17, 15) is 4.79 Å². The van der Waals surface area contributed by atoms with Gasteiger partial charge in [0.05, 0.1) is 11.0 Å². The second-order valence-electron chi connectivity index (χ2n) is 4.91. The van der Waals surface area contributed by atoms with E-state index in [-0.39, 0.29) is 5.69 Å². The molecule has 3 rings (SSSR count). The lowest BCUT2D eigenvalue weighted by atomic mass is 9.99. The number of imidazole rings is 1. The minimum Gasteiger partial charge on any atom is -0.313 e. The molecule has 19 heavy (non-hydrogen) atoms. The van der Waals surface area contributed by atoms with Crippen molar-refractivity contribution in [3.63, 3.8) is 0 Å². The summed E-state index contributed by atoms with van der Waals surface area (Å²) in [4.78, 5) is 12.1. The van der Waals surface area contributed by atoms with Crippen LogP contribution in [0, 0.1) is 0 Å². The zero-order valence-corrected chi connectivity index (χ0v) is 12.6. The van der Waals surface area contributed by atoms with Gasteiger partial charge in [-0.1, -0.05) is 22.0 Å². The van der Waals surface area contributed by atoms with Crippen molar-refractivity contribution in [3.8, 4) is 0 Å². The zero-order chi connectivity index (χ0) is 13.6. The Morgan fingerprint density at radius 2 is 2.05 bits per heavy atom. The van der Waals surface area contributed by atoms with Crippen molar-refractivity contribution in [2.24, 2.45) is 14.1 Å². The Morgan fingerprint density at radius 3 is 2.74 bits per heavy atom. The van der Waals surface area contributed by atoms with Gasteiger partial charge in [-0.3, -0.25) is 9.13 Å². The number of hydrogen-bond donors (Lipinski definition) is 1. The highest BCUT2D eigenvalue weighted by molar-refractivity contribution is 9.10. The lowest BCUT2D eigenvalue weighted by molar-refractivity contribution is 0.738. The van der Waals surface area contributed by atoms with Crippen LogP contribution in [0.25, 0.3) is 16.6 Å². The SMILES string of the molecule is Cn1c(=O)n(C)c2c(C3=CCNCC3)cc(Br)cc21. The van der Waals surface area contributed by atoms with Crippen LogP contribution in [-0.4, -0.2) is 22.2 Å². The lowest BCUT2D eigenvalue weighted by Gasteiger charge is -2.16. The molecule has 1 aliphatic rings. The van der Waals surface area contributed by atoms with E-state index in [0.29, 0.717) is 0 Å². The van der Waals surface area contributed by atoms with Gasteiger partial charge in [0.25, 0.3) is 0 Å². The molecule has 0 saturated carbocycles. The molecule has 0 spiro atoms. The summed E-state index contributed by atoms with van der Waals surface area (Å²) in [5.74, 6) is 0. The van der Waals surface area contributed by atoms with E-state index >= 15 is 0 Å². The van der Waals surface area contributed by atoms with E-state index in [1.807, 2.05) is 20.2 Å². The van der Waals surface area contributed by atoms with Crippen molar-refractivity contribution in [2.75, 3.05) is 13.1 Å². The highest BCUT2D eigenvalue weighted by Crippen LogP contribution is 2.30. The highest BCUT2D eigenvalue weighted by atomic mass is 79.9. The van der Waals surface area contributed by atoms with Crippen LogP contribution in [0.15, 0.2) is 27.5 Å². The van der Waals surface area contributed by atoms with Crippen molar-refractivity contribution >= 4 is 32.5 Å². The predicted octanol–water partition coefficient (Wildman–Crippen LogP) is 2.02. The maximum atomic E-state index is 12.1. The van der Waals surface area contributed by atoms with Crippen LogP contribution in [0.1, 0.15) is 12.0 Å². The fourth-order valence-corrected chi connectivity index (χ4v) is 3.17. The van der Waals surface area contributed by atoms with Gasteiger partial charge in [0.1, 0.15) is 0 Å². The number of rotatable bonds is 1. The van der Waals surface area contributed by atoms with Crippen LogP contribution in [0.3, 0.4) is 0 Å². The van der Waals surface area contributed by atoms with E-state index in [4.69, 9.17) is 0 Å². The topological polar surface area (TPSA) is 39.0 Å². The van der Waals surface area contributed by atoms with Gasteiger partial charge in [-0.05, 0) is 30.7 Å². The quantitative estimate of drug-likeness (QED) is 0.872. The number of aryl methyl sites for hydroxylation is 2. The molecular weight excluding hydrogens is 306 g/mol. The third-order valence-corrected chi connectivity index (χ3v) is 4.19. The molecule has 5 heteroatoms. The molecule has 100 valence electrons. The molecule has 0 saturated heterocycles. The van der Waals surface area contributed by atoms with E-state index in [1.165, 1.54) is 5.57 Å². The number of hydrogen-bond acceptors (Lipinski definition) is 2. The number of benzene rings is 1. The number of fused-ring (bicyclic) bond motifs is 1. The van der Waals surface area contributed by atoms with Gasteiger partial charge in [0.2, 0.25) is 0 Å². The Bertz CT molecular complexity index is 739. The van der Waals surface area contributed by atoms with Crippen LogP contribution in [0.5, 0.6) is 0 Å². The molecule has 0 radical (unpaired) electrons. The first-order valence-electron chi connectivity index (χ1n) is 6.34. The molecule has 1 N–H and O–H groups in total. The summed E-state index contributed by atoms with van der Waals surface area (Å²) in [6.07, 6.45) is 3.21. The van der Waals surface area contributed by atoms with Crippen LogP contribution in [-0.2, 0) is 14.1 Å². The van der Waals surface area contributed by atoms with Crippen molar-refractivity contribution in [2.45, 2.75) is 6.42 Å². The Labute approximate surface area is 119 Å². The smallest absolute Gasteiger partial charge is 0.313 e. The summed E-state index contributed by atoms with van der Waals surface area (Å²) in [5, 5.41) is 3.32. The molecule has 0 aliphatic carbocycles. The molecule has 2 heterocycles. The second kappa shape index (κ2) is 4.65. The fourth-order valence-electron chi connectivity index (χ4n) is 2.73. The van der Waals surface area contributed by atoms with Gasteiger partial charge in [-0.25, -0.2) is 4.79 Å². The van der Waals surface area contributed by atoms with Crippen molar-refractivity contribution < 1.29 is 0 Å². The molecule has 0 fully saturated rings. The van der Waals surface area contributed by atoms with Gasteiger partial charge < -0.3 is 5.32 Å². The first kappa shape index (κ1) is 12.7. The summed E-state index contributed by atoms with van der Waals surface area (Å²) in [5.41, 5.74) is 4.47. The van der Waals surface area contributed by atoms with Crippen molar-refractivity contribution in [1.29, 1.82) is 0 Å². The zero-order valence-electron chi connectivity index (χ0n) is 11.0. The molecule has 1 aliphatic heterocycles. The first-order valence-corrected chi connectivity index (χ1v) is 7.14. The lowest BCUT2D eigenvalue weighted by Crippen LogP contribution is -2.21. The number of nitrogens with zero attached hydrogens (tertiary/aromatic N) is 2. The Morgan fingerprint density at radius 1 is 1.26 bits per heavy atom. The molecule has 0 unspecified atom stereocenters. The van der Waals surface area contributed by atoms with Crippen LogP contribution < -0.4 is 11.0 Å². The van der Waals surface area contributed by atoms with Gasteiger partial charge in [0, 0.05) is 30.7 Å². The summed E-state index contributed by atoms with van der Waals surface area (Å²) in [6.45, 7) is 1.88. The summed E-state index contributed by atoms with van der Waals surface area (Å²) >= 11 is 3.55. The highest BCUT2D eigenvalue weighted by Gasteiger charge is 2.16. The minimum atomic E-state index is 0.0175. The standard InChI is InChI=1S/C14H16BrN3O/c1-17-12-8-10(15)7-11(9-3-5-16-6-4-9)13(12)18(2)14(17)19/h3,7-8,16H,4-6H2,1-2H3. The van der Waals surface area contributed by atoms with Gasteiger partial charge >= 0.3 is 5.69 Å². The number of aromatic nitrogens is 2. The number of nitrogens with one attached hydrogen (secondary N) is 1. The summed E-state index contributed by atoms with van der Waals surface area (Å²) < 4.78 is 4.45. The van der Waals surface area contributed by atoms with Crippen LogP contribution in [0.4, 0.5) is 0 Å². The maximum absolute atomic E-state index is 12.1. The third kappa shape index (κ3) is 1.97. The fraction of sp³-hybridized carbons (Fsp3) is 0.357. The molecule has 4 nitrogen and oxygen atoms in total. The first-order chi connectivity index (χ1) is 9.09. The molecule has 0 bridgehead atoms. The Balaban J connectivity index is 2.38. The predicted molar refractivity (Wildman–Crippen MR) is 81.3 cm³/mol. The molecule has 0 atom stereocenters. The summed E-state index contributed by atoms with van der Waals surface area (Å²) in [6, 6.07) is 4.11. The molecule has 2 aromatic rings. The minimum absolute atomic E-state index is 0.0175. The molecule has 1 aromatic heterocycles. The molecule has 1 aromatic carbocycles. The second-order valence-corrected chi connectivity index (χ2v) is 5.82. The summed E-state index contributed by atoms with van der Waals surface area (Å²) in [7, 11) is 3.65. The van der Waals surface area contributed by atoms with Crippen molar-refractivity contribution in [3.05, 3.63) is 38.7 Å². The van der Waals surface area contributed by atoms with E-state index in [2.05, 4.69) is 33.4 Å². The molecule has 0 amide bonds. The van der Waals surface area contributed by atoms with Crippen molar-refractivity contribution in [1.82, 2.24) is 14.5 Å². The van der Waals surface area contributed by atoms with E-state index < -0.39 is 0 Å². The third-order valence-electron chi connectivity index (χ3n) is 3.74. The van der Waals surface area contributed by atoms with Crippen LogP contribution >= 0.6 is 15.9 Å². The van der Waals surface area contributed by atoms with E-state index in [1.54, 1.807) is 9.13 Å². The average Bonchev–Trinajstić information content (AvgIpc) is 2.64. The maximum Gasteiger partial charge on any atom is 0.328 e. The van der Waals surface area contributed by atoms with Gasteiger partial charge in [0.15, 0.2) is 0 Å². The van der Waals surface area contributed by atoms with E-state index in [0.717, 1.165) is 40.6 Å². The van der Waals surface area contributed by atoms with Gasteiger partial charge in [-0.2, -0.15) is 0 Å². The monoisotopic (exact) mass is 321 g/mol. The average molecular weight is 322 g/mol. The normalized spacial score (nSPS) is 15.8. The Kier molecular flexibility index (Phi) is 3.11. The van der Waals surface area contributed by atoms with Crippen LogP contribution in [0.2, 0.25) is 0 Å². The Hall–Kier alpha value is -1.33.